The Morgan fingerprint density at radius 1 is 1.27 bits per heavy atom. The number of benzene rings is 1. The lowest BCUT2D eigenvalue weighted by Gasteiger charge is -2.30. The van der Waals surface area contributed by atoms with E-state index in [0.29, 0.717) is 6.54 Å². The van der Waals surface area contributed by atoms with Gasteiger partial charge in [0.05, 0.1) is 0 Å². The summed E-state index contributed by atoms with van der Waals surface area (Å²) < 4.78 is 0. The zero-order chi connectivity index (χ0) is 18.2. The van der Waals surface area contributed by atoms with Crippen molar-refractivity contribution in [1.82, 2.24) is 15.2 Å². The topological polar surface area (TPSA) is 45.2 Å². The summed E-state index contributed by atoms with van der Waals surface area (Å²) in [5.74, 6) is 0.707. The molecule has 26 heavy (non-hydrogen) atoms. The SMILES string of the molecule is CC1CCCN(Cc2ccc(CNC(=O)/C=C/c3cccnc3)cc2)C1. The highest BCUT2D eigenvalue weighted by molar-refractivity contribution is 5.91. The monoisotopic (exact) mass is 349 g/mol. The van der Waals surface area contributed by atoms with Crippen molar-refractivity contribution in [2.75, 3.05) is 13.1 Å². The van der Waals surface area contributed by atoms with Crippen LogP contribution in [-0.4, -0.2) is 28.9 Å². The van der Waals surface area contributed by atoms with Crippen LogP contribution in [0.25, 0.3) is 6.08 Å². The molecule has 4 heteroatoms. The second-order valence-electron chi connectivity index (χ2n) is 7.14. The first kappa shape index (κ1) is 18.3. The summed E-state index contributed by atoms with van der Waals surface area (Å²) in [6, 6.07) is 12.3. The van der Waals surface area contributed by atoms with Crippen LogP contribution in [0.1, 0.15) is 36.5 Å². The van der Waals surface area contributed by atoms with Gasteiger partial charge in [0.1, 0.15) is 0 Å². The molecule has 1 aliphatic rings. The van der Waals surface area contributed by atoms with Gasteiger partial charge in [-0.2, -0.15) is 0 Å². The highest BCUT2D eigenvalue weighted by Gasteiger charge is 2.15. The van der Waals surface area contributed by atoms with Crippen LogP contribution < -0.4 is 5.32 Å². The fourth-order valence-electron chi connectivity index (χ4n) is 3.35. The Hall–Kier alpha value is -2.46. The minimum atomic E-state index is -0.0970. The highest BCUT2D eigenvalue weighted by atomic mass is 16.1. The van der Waals surface area contributed by atoms with Crippen LogP contribution in [0, 0.1) is 5.92 Å². The fourth-order valence-corrected chi connectivity index (χ4v) is 3.35. The predicted molar refractivity (Wildman–Crippen MR) is 105 cm³/mol. The number of likely N-dealkylation sites (tertiary alicyclic amines) is 1. The molecule has 1 aromatic carbocycles. The average molecular weight is 349 g/mol. The van der Waals surface area contributed by atoms with Gasteiger partial charge in [0.15, 0.2) is 0 Å². The Morgan fingerprint density at radius 2 is 2.08 bits per heavy atom. The van der Waals surface area contributed by atoms with E-state index in [1.165, 1.54) is 31.5 Å². The van der Waals surface area contributed by atoms with E-state index in [1.807, 2.05) is 12.1 Å². The molecule has 0 aliphatic carbocycles. The molecule has 0 saturated carbocycles. The first-order valence-corrected chi connectivity index (χ1v) is 9.35. The Labute approximate surface area is 155 Å². The van der Waals surface area contributed by atoms with Gasteiger partial charge in [-0.1, -0.05) is 37.3 Å². The predicted octanol–water partition coefficient (Wildman–Crippen LogP) is 3.64. The molecule has 1 saturated heterocycles. The van der Waals surface area contributed by atoms with Crippen molar-refractivity contribution >= 4 is 12.0 Å². The van der Waals surface area contributed by atoms with E-state index < -0.39 is 0 Å². The number of aromatic nitrogens is 1. The molecule has 136 valence electrons. The number of hydrogen-bond acceptors (Lipinski definition) is 3. The summed E-state index contributed by atoms with van der Waals surface area (Å²) in [6.45, 7) is 6.29. The molecule has 3 rings (SSSR count). The van der Waals surface area contributed by atoms with E-state index >= 15 is 0 Å². The second-order valence-corrected chi connectivity index (χ2v) is 7.14. The van der Waals surface area contributed by atoms with Crippen molar-refractivity contribution in [3.63, 3.8) is 0 Å². The first-order valence-electron chi connectivity index (χ1n) is 9.35. The quantitative estimate of drug-likeness (QED) is 0.810. The van der Waals surface area contributed by atoms with Gasteiger partial charge in [0, 0.05) is 38.1 Å². The molecular formula is C22H27N3O. The van der Waals surface area contributed by atoms with Crippen molar-refractivity contribution in [2.24, 2.45) is 5.92 Å². The third-order valence-electron chi connectivity index (χ3n) is 4.75. The van der Waals surface area contributed by atoms with Gasteiger partial charge in [-0.25, -0.2) is 0 Å². The lowest BCUT2D eigenvalue weighted by atomic mass is 9.99. The van der Waals surface area contributed by atoms with Gasteiger partial charge < -0.3 is 5.32 Å². The van der Waals surface area contributed by atoms with Gasteiger partial charge in [0.2, 0.25) is 5.91 Å². The van der Waals surface area contributed by atoms with Crippen LogP contribution in [-0.2, 0) is 17.9 Å². The Bertz CT molecular complexity index is 725. The molecule has 2 heterocycles. The van der Waals surface area contributed by atoms with Gasteiger partial charge in [0.25, 0.3) is 0 Å². The van der Waals surface area contributed by atoms with Gasteiger partial charge in [-0.05, 0) is 54.1 Å². The van der Waals surface area contributed by atoms with E-state index in [2.05, 4.69) is 46.4 Å². The summed E-state index contributed by atoms with van der Waals surface area (Å²) in [6.07, 6.45) is 9.41. The average Bonchev–Trinajstić information content (AvgIpc) is 2.67. The number of amides is 1. The van der Waals surface area contributed by atoms with Gasteiger partial charge in [-0.15, -0.1) is 0 Å². The number of carbonyl (C=O) groups is 1. The molecule has 2 aromatic rings. The first-order chi connectivity index (χ1) is 12.7. The normalized spacial score (nSPS) is 18.1. The van der Waals surface area contributed by atoms with Crippen molar-refractivity contribution in [3.05, 3.63) is 71.6 Å². The molecule has 1 aliphatic heterocycles. The van der Waals surface area contributed by atoms with Crippen molar-refractivity contribution < 1.29 is 4.79 Å². The molecule has 1 N–H and O–H groups in total. The van der Waals surface area contributed by atoms with E-state index in [1.54, 1.807) is 24.5 Å². The molecule has 0 radical (unpaired) electrons. The number of hydrogen-bond donors (Lipinski definition) is 1. The smallest absolute Gasteiger partial charge is 0.244 e. The highest BCUT2D eigenvalue weighted by Crippen LogP contribution is 2.18. The maximum Gasteiger partial charge on any atom is 0.244 e. The van der Waals surface area contributed by atoms with E-state index in [9.17, 15) is 4.79 Å². The zero-order valence-electron chi connectivity index (χ0n) is 15.4. The summed E-state index contributed by atoms with van der Waals surface area (Å²) in [7, 11) is 0. The number of carbonyl (C=O) groups excluding carboxylic acids is 1. The van der Waals surface area contributed by atoms with Crippen LogP contribution in [0.15, 0.2) is 54.9 Å². The third-order valence-corrected chi connectivity index (χ3v) is 4.75. The van der Waals surface area contributed by atoms with Crippen LogP contribution >= 0.6 is 0 Å². The fraction of sp³-hybridized carbons (Fsp3) is 0.364. The molecule has 1 fully saturated rings. The molecule has 0 bridgehead atoms. The standard InChI is InChI=1S/C22H27N3O/c1-18-4-3-13-25(16-18)17-21-8-6-20(7-9-21)15-24-22(26)11-10-19-5-2-12-23-14-19/h2,5-12,14,18H,3-4,13,15-17H2,1H3,(H,24,26)/b11-10+. The second kappa shape index (κ2) is 9.30. The molecule has 1 aromatic heterocycles. The van der Waals surface area contributed by atoms with Crippen LogP contribution in [0.2, 0.25) is 0 Å². The van der Waals surface area contributed by atoms with E-state index in [4.69, 9.17) is 0 Å². The molecular weight excluding hydrogens is 322 g/mol. The van der Waals surface area contributed by atoms with Crippen LogP contribution in [0.3, 0.4) is 0 Å². The largest absolute Gasteiger partial charge is 0.348 e. The lowest BCUT2D eigenvalue weighted by molar-refractivity contribution is -0.116. The number of nitrogens with zero attached hydrogens (tertiary/aromatic N) is 2. The van der Waals surface area contributed by atoms with Crippen molar-refractivity contribution in [2.45, 2.75) is 32.9 Å². The van der Waals surface area contributed by atoms with Crippen molar-refractivity contribution in [1.29, 1.82) is 0 Å². The molecule has 4 nitrogen and oxygen atoms in total. The summed E-state index contributed by atoms with van der Waals surface area (Å²) in [4.78, 5) is 18.5. The molecule has 0 spiro atoms. The number of nitrogens with one attached hydrogen (secondary N) is 1. The number of rotatable bonds is 6. The minimum absolute atomic E-state index is 0.0970. The Kier molecular flexibility index (Phi) is 6.56. The molecule has 1 amide bonds. The van der Waals surface area contributed by atoms with Crippen LogP contribution in [0.4, 0.5) is 0 Å². The zero-order valence-corrected chi connectivity index (χ0v) is 15.4. The van der Waals surface area contributed by atoms with E-state index in [-0.39, 0.29) is 5.91 Å². The lowest BCUT2D eigenvalue weighted by Crippen LogP contribution is -2.33. The maximum atomic E-state index is 11.9. The summed E-state index contributed by atoms with van der Waals surface area (Å²) in [5.41, 5.74) is 3.37. The Morgan fingerprint density at radius 3 is 2.81 bits per heavy atom. The van der Waals surface area contributed by atoms with Gasteiger partial charge in [-0.3, -0.25) is 14.7 Å². The number of pyridine rings is 1. The van der Waals surface area contributed by atoms with Crippen LogP contribution in [0.5, 0.6) is 0 Å². The van der Waals surface area contributed by atoms with E-state index in [0.717, 1.165) is 23.6 Å². The molecule has 1 unspecified atom stereocenters. The van der Waals surface area contributed by atoms with Gasteiger partial charge >= 0.3 is 0 Å². The molecule has 1 atom stereocenters. The summed E-state index contributed by atoms with van der Waals surface area (Å²) in [5, 5.41) is 2.92. The maximum absolute atomic E-state index is 11.9. The van der Waals surface area contributed by atoms with Crippen molar-refractivity contribution in [3.8, 4) is 0 Å². The number of piperidine rings is 1. The third kappa shape index (κ3) is 5.81. The summed E-state index contributed by atoms with van der Waals surface area (Å²) >= 11 is 0. The minimum Gasteiger partial charge on any atom is -0.348 e. The Balaban J connectivity index is 1.45.